The maximum Gasteiger partial charge on any atom is 0.126 e. The zero-order valence-corrected chi connectivity index (χ0v) is 12.5. The predicted molar refractivity (Wildman–Crippen MR) is 85.4 cm³/mol. The first kappa shape index (κ1) is 14.0. The molecule has 3 atom stereocenters. The maximum atomic E-state index is 5.74. The fourth-order valence-corrected chi connectivity index (χ4v) is 3.45. The van der Waals surface area contributed by atoms with Crippen LogP contribution in [0.3, 0.4) is 0 Å². The van der Waals surface area contributed by atoms with Crippen LogP contribution in [-0.2, 0) is 0 Å². The zero-order valence-electron chi connectivity index (χ0n) is 12.5. The third kappa shape index (κ3) is 2.76. The van der Waals surface area contributed by atoms with E-state index in [1.807, 2.05) is 30.5 Å². The lowest BCUT2D eigenvalue weighted by atomic mass is 9.59. The Morgan fingerprint density at radius 3 is 2.62 bits per heavy atom. The Hall–Kier alpha value is -1.96. The van der Waals surface area contributed by atoms with Crippen LogP contribution in [-0.4, -0.2) is 7.11 Å². The molecule has 3 aliphatic carbocycles. The molecule has 0 saturated heterocycles. The van der Waals surface area contributed by atoms with Crippen molar-refractivity contribution in [3.8, 4) is 11.5 Å². The van der Waals surface area contributed by atoms with E-state index in [1.165, 1.54) is 19.3 Å². The van der Waals surface area contributed by atoms with E-state index in [0.717, 1.165) is 17.4 Å². The van der Waals surface area contributed by atoms with Crippen molar-refractivity contribution in [3.63, 3.8) is 0 Å². The summed E-state index contributed by atoms with van der Waals surface area (Å²) in [6.45, 7) is 4.01. The van der Waals surface area contributed by atoms with Gasteiger partial charge in [0.05, 0.1) is 13.4 Å². The third-order valence-corrected chi connectivity index (χ3v) is 4.80. The number of hydrogen-bond acceptors (Lipinski definition) is 2. The van der Waals surface area contributed by atoms with Crippen LogP contribution in [0.25, 0.3) is 0 Å². The van der Waals surface area contributed by atoms with Crippen molar-refractivity contribution >= 4 is 0 Å². The smallest absolute Gasteiger partial charge is 0.126 e. The van der Waals surface area contributed by atoms with Crippen molar-refractivity contribution in [2.45, 2.75) is 19.3 Å². The van der Waals surface area contributed by atoms with Gasteiger partial charge in [0.1, 0.15) is 11.5 Å². The summed E-state index contributed by atoms with van der Waals surface area (Å²) >= 11 is 0. The van der Waals surface area contributed by atoms with E-state index in [1.54, 1.807) is 7.11 Å². The van der Waals surface area contributed by atoms with Crippen LogP contribution in [0.5, 0.6) is 11.5 Å². The van der Waals surface area contributed by atoms with E-state index in [9.17, 15) is 0 Å². The van der Waals surface area contributed by atoms with Gasteiger partial charge in [-0.1, -0.05) is 18.2 Å². The number of allylic oxidation sites excluding steroid dienone is 4. The van der Waals surface area contributed by atoms with Crippen molar-refractivity contribution in [1.29, 1.82) is 0 Å². The van der Waals surface area contributed by atoms with Crippen LogP contribution in [0.1, 0.15) is 19.3 Å². The van der Waals surface area contributed by atoms with Crippen molar-refractivity contribution in [1.82, 2.24) is 0 Å². The van der Waals surface area contributed by atoms with Crippen LogP contribution in [0, 0.1) is 17.3 Å². The summed E-state index contributed by atoms with van der Waals surface area (Å²) in [6.07, 6.45) is 14.5. The summed E-state index contributed by atoms with van der Waals surface area (Å²) in [6, 6.07) is 7.64. The number of fused-ring (bicyclic) bond motifs is 2. The Balaban J connectivity index is 1.70. The van der Waals surface area contributed by atoms with Crippen LogP contribution >= 0.6 is 0 Å². The molecule has 2 heteroatoms. The molecule has 1 aromatic rings. The Bertz CT molecular complexity index is 555. The molecule has 0 aliphatic heterocycles. The average Bonchev–Trinajstić information content (AvgIpc) is 2.56. The summed E-state index contributed by atoms with van der Waals surface area (Å²) in [5.41, 5.74) is 0.100. The van der Waals surface area contributed by atoms with E-state index in [4.69, 9.17) is 9.47 Å². The van der Waals surface area contributed by atoms with Crippen LogP contribution in [0.4, 0.5) is 0 Å². The minimum Gasteiger partial charge on any atom is -0.497 e. The second-order valence-electron chi connectivity index (χ2n) is 5.94. The summed E-state index contributed by atoms with van der Waals surface area (Å²) < 4.78 is 10.9. The van der Waals surface area contributed by atoms with Gasteiger partial charge in [-0.3, -0.25) is 0 Å². The number of benzene rings is 1. The largest absolute Gasteiger partial charge is 0.497 e. The SMILES string of the molecule is C=CC1CC2C=CC1(/C=C/Oc1ccc(OC)cc1)CC2. The molecule has 0 spiro atoms. The van der Waals surface area contributed by atoms with Crippen LogP contribution in [0.2, 0.25) is 0 Å². The molecule has 2 nitrogen and oxygen atoms in total. The number of ether oxygens (including phenoxy) is 2. The molecule has 3 aliphatic rings. The van der Waals surface area contributed by atoms with E-state index >= 15 is 0 Å². The van der Waals surface area contributed by atoms with Crippen molar-refractivity contribution < 1.29 is 9.47 Å². The molecular formula is C19H22O2. The first-order valence-electron chi connectivity index (χ1n) is 7.56. The minimum absolute atomic E-state index is 0.100. The quantitative estimate of drug-likeness (QED) is 0.573. The van der Waals surface area contributed by atoms with Gasteiger partial charge >= 0.3 is 0 Å². The summed E-state index contributed by atoms with van der Waals surface area (Å²) in [4.78, 5) is 0. The van der Waals surface area contributed by atoms with Gasteiger partial charge in [0, 0.05) is 5.41 Å². The average molecular weight is 282 g/mol. The lowest BCUT2D eigenvalue weighted by molar-refractivity contribution is 0.189. The maximum absolute atomic E-state index is 5.74. The molecule has 3 unspecified atom stereocenters. The predicted octanol–water partition coefficient (Wildman–Crippen LogP) is 4.75. The monoisotopic (exact) mass is 282 g/mol. The van der Waals surface area contributed by atoms with E-state index in [0.29, 0.717) is 5.92 Å². The van der Waals surface area contributed by atoms with E-state index in [-0.39, 0.29) is 5.41 Å². The molecule has 110 valence electrons. The Morgan fingerprint density at radius 1 is 1.24 bits per heavy atom. The van der Waals surface area contributed by atoms with Crippen molar-refractivity contribution in [2.75, 3.05) is 7.11 Å². The highest BCUT2D eigenvalue weighted by Crippen LogP contribution is 2.51. The minimum atomic E-state index is 0.100. The zero-order chi connectivity index (χ0) is 14.7. The first-order valence-corrected chi connectivity index (χ1v) is 7.56. The lowest BCUT2D eigenvalue weighted by Crippen LogP contribution is -2.36. The van der Waals surface area contributed by atoms with Gasteiger partial charge in [0.25, 0.3) is 0 Å². The fourth-order valence-electron chi connectivity index (χ4n) is 3.45. The normalized spacial score (nSPS) is 30.5. The van der Waals surface area contributed by atoms with Gasteiger partial charge in [-0.15, -0.1) is 6.58 Å². The molecule has 1 fully saturated rings. The van der Waals surface area contributed by atoms with Crippen LogP contribution < -0.4 is 9.47 Å². The first-order chi connectivity index (χ1) is 10.3. The van der Waals surface area contributed by atoms with Gasteiger partial charge in [-0.05, 0) is 61.4 Å². The van der Waals surface area contributed by atoms with Crippen molar-refractivity contribution in [2.24, 2.45) is 17.3 Å². The van der Waals surface area contributed by atoms with Gasteiger partial charge in [-0.2, -0.15) is 0 Å². The van der Waals surface area contributed by atoms with Crippen LogP contribution in [0.15, 0.2) is 61.4 Å². The highest BCUT2D eigenvalue weighted by atomic mass is 16.5. The molecule has 4 rings (SSSR count). The second-order valence-corrected chi connectivity index (χ2v) is 5.94. The summed E-state index contributed by atoms with van der Waals surface area (Å²) in [5, 5.41) is 0. The van der Waals surface area contributed by atoms with Gasteiger partial charge in [-0.25, -0.2) is 0 Å². The number of methoxy groups -OCH3 is 1. The molecule has 1 aromatic carbocycles. The van der Waals surface area contributed by atoms with Gasteiger partial charge < -0.3 is 9.47 Å². The fraction of sp³-hybridized carbons (Fsp3) is 0.368. The summed E-state index contributed by atoms with van der Waals surface area (Å²) in [5.74, 6) is 2.93. The molecule has 1 saturated carbocycles. The number of rotatable bonds is 5. The molecule has 0 N–H and O–H groups in total. The molecular weight excluding hydrogens is 260 g/mol. The van der Waals surface area contributed by atoms with E-state index < -0.39 is 0 Å². The number of hydrogen-bond donors (Lipinski definition) is 0. The van der Waals surface area contributed by atoms with Gasteiger partial charge in [0.2, 0.25) is 0 Å². The molecule has 21 heavy (non-hydrogen) atoms. The second kappa shape index (κ2) is 5.80. The van der Waals surface area contributed by atoms with E-state index in [2.05, 4.69) is 30.9 Å². The third-order valence-electron chi connectivity index (χ3n) is 4.80. The molecule has 2 bridgehead atoms. The summed E-state index contributed by atoms with van der Waals surface area (Å²) in [7, 11) is 1.66. The molecule has 0 amide bonds. The Labute approximate surface area is 126 Å². The Morgan fingerprint density at radius 2 is 2.00 bits per heavy atom. The molecule has 0 radical (unpaired) electrons. The lowest BCUT2D eigenvalue weighted by Gasteiger charge is -2.45. The highest BCUT2D eigenvalue weighted by Gasteiger charge is 2.41. The highest BCUT2D eigenvalue weighted by molar-refractivity contribution is 5.32. The topological polar surface area (TPSA) is 18.5 Å². The van der Waals surface area contributed by atoms with Gasteiger partial charge in [0.15, 0.2) is 0 Å². The standard InChI is InChI=1S/C19H22O2/c1-3-16-14-15-8-10-19(16,11-9-15)12-13-21-18-6-4-17(20-2)5-7-18/h3-8,10,12-13,15-16H,1,9,11,14H2,2H3/b13-12+. The van der Waals surface area contributed by atoms with Crippen molar-refractivity contribution in [3.05, 3.63) is 61.4 Å². The Kier molecular flexibility index (Phi) is 3.87. The molecule has 0 aromatic heterocycles. The molecule has 0 heterocycles.